The number of hydrogen-bond acceptors (Lipinski definition) is 5. The van der Waals surface area contributed by atoms with E-state index in [1.165, 1.54) is 11.1 Å². The lowest BCUT2D eigenvalue weighted by Crippen LogP contribution is -2.43. The monoisotopic (exact) mass is 548 g/mol. The average Bonchev–Trinajstić information content (AvgIpc) is 3.95. The van der Waals surface area contributed by atoms with E-state index in [0.717, 1.165) is 62.1 Å². The highest BCUT2D eigenvalue weighted by Crippen LogP contribution is 2.54. The van der Waals surface area contributed by atoms with Gasteiger partial charge in [0.1, 0.15) is 12.4 Å². The number of methoxy groups -OCH3 is 1. The maximum absolute atomic E-state index is 12.1. The Kier molecular flexibility index (Phi) is 7.50. The Hall–Kier alpha value is -4.16. The third-order valence-electron chi connectivity index (χ3n) is 8.76. The number of rotatable bonds is 13. The first-order valence-corrected chi connectivity index (χ1v) is 14.4. The molecule has 0 atom stereocenters. The van der Waals surface area contributed by atoms with E-state index < -0.39 is 0 Å². The van der Waals surface area contributed by atoms with Gasteiger partial charge in [0.25, 0.3) is 0 Å². The molecule has 0 amide bonds. The largest absolute Gasteiger partial charge is 0.497 e. The van der Waals surface area contributed by atoms with Crippen molar-refractivity contribution in [1.29, 1.82) is 0 Å². The van der Waals surface area contributed by atoms with Gasteiger partial charge in [-0.1, -0.05) is 78.9 Å². The van der Waals surface area contributed by atoms with Crippen LogP contribution < -0.4 is 9.47 Å². The smallest absolute Gasteiger partial charge is 0.311 e. The second kappa shape index (κ2) is 11.4. The topological polar surface area (TPSA) is 64.8 Å². The second-order valence-electron chi connectivity index (χ2n) is 11.6. The molecule has 6 heteroatoms. The predicted molar refractivity (Wildman–Crippen MR) is 160 cm³/mol. The summed E-state index contributed by atoms with van der Waals surface area (Å²) in [5.74, 6) is 1.19. The maximum Gasteiger partial charge on any atom is 0.311 e. The Bertz CT molecular complexity index is 1480. The third kappa shape index (κ3) is 6.13. The van der Waals surface area contributed by atoms with Gasteiger partial charge in [0.2, 0.25) is 0 Å². The van der Waals surface area contributed by atoms with Crippen LogP contribution in [-0.4, -0.2) is 29.0 Å². The molecule has 0 aliphatic heterocycles. The molecule has 0 heterocycles. The van der Waals surface area contributed by atoms with Gasteiger partial charge >= 0.3 is 5.69 Å². The zero-order chi connectivity index (χ0) is 28.3. The lowest BCUT2D eigenvalue weighted by molar-refractivity contribution is -0.386. The van der Waals surface area contributed by atoms with Crippen LogP contribution in [0.15, 0.2) is 103 Å². The molecule has 0 N–H and O–H groups in total. The molecule has 4 aromatic rings. The highest BCUT2D eigenvalue weighted by atomic mass is 16.6. The molecule has 2 saturated carbocycles. The molecule has 0 saturated heterocycles. The average molecular weight is 549 g/mol. The van der Waals surface area contributed by atoms with Crippen molar-refractivity contribution in [1.82, 2.24) is 4.90 Å². The number of hydrogen-bond donors (Lipinski definition) is 0. The van der Waals surface area contributed by atoms with Crippen LogP contribution in [0.4, 0.5) is 5.69 Å². The van der Waals surface area contributed by atoms with Gasteiger partial charge in [0.15, 0.2) is 5.75 Å². The van der Waals surface area contributed by atoms with Gasteiger partial charge in [-0.05, 0) is 72.6 Å². The molecular weight excluding hydrogens is 512 g/mol. The van der Waals surface area contributed by atoms with E-state index in [-0.39, 0.29) is 21.6 Å². The van der Waals surface area contributed by atoms with Gasteiger partial charge in [-0.25, -0.2) is 0 Å². The van der Waals surface area contributed by atoms with Gasteiger partial charge in [-0.3, -0.25) is 15.0 Å². The summed E-state index contributed by atoms with van der Waals surface area (Å²) in [5, 5.41) is 12.1. The molecule has 41 heavy (non-hydrogen) atoms. The fraction of sp³-hybridized carbons (Fsp3) is 0.314. The number of nitro groups is 1. The Balaban J connectivity index is 1.25. The molecule has 0 bridgehead atoms. The molecule has 2 aliphatic carbocycles. The van der Waals surface area contributed by atoms with Crippen LogP contribution in [0.5, 0.6) is 11.5 Å². The Labute approximate surface area is 241 Å². The van der Waals surface area contributed by atoms with E-state index in [1.54, 1.807) is 19.2 Å². The molecule has 0 spiro atoms. The highest BCUT2D eigenvalue weighted by molar-refractivity contribution is 5.52. The van der Waals surface area contributed by atoms with Crippen LogP contribution in [0.1, 0.15) is 47.9 Å². The molecule has 6 rings (SSSR count). The van der Waals surface area contributed by atoms with Gasteiger partial charge in [0.05, 0.1) is 12.0 Å². The fourth-order valence-corrected chi connectivity index (χ4v) is 5.97. The summed E-state index contributed by atoms with van der Waals surface area (Å²) in [6, 6.07) is 34.4. The number of ether oxygens (including phenoxy) is 2. The maximum atomic E-state index is 12.1. The van der Waals surface area contributed by atoms with Crippen molar-refractivity contribution in [3.05, 3.63) is 135 Å². The molecular formula is C35H36N2O4. The van der Waals surface area contributed by atoms with Crippen LogP contribution >= 0.6 is 0 Å². The molecule has 4 aromatic carbocycles. The molecule has 0 aromatic heterocycles. The lowest BCUT2D eigenvalue weighted by Gasteiger charge is -2.36. The Morgan fingerprint density at radius 2 is 1.46 bits per heavy atom. The van der Waals surface area contributed by atoms with Gasteiger partial charge < -0.3 is 9.47 Å². The van der Waals surface area contributed by atoms with Gasteiger partial charge in [-0.15, -0.1) is 0 Å². The summed E-state index contributed by atoms with van der Waals surface area (Å²) in [7, 11) is 1.69. The minimum atomic E-state index is -0.312. The molecule has 2 aliphatic rings. The summed E-state index contributed by atoms with van der Waals surface area (Å²) in [6.45, 7) is 2.03. The Morgan fingerprint density at radius 3 is 2.05 bits per heavy atom. The fourth-order valence-electron chi connectivity index (χ4n) is 5.97. The summed E-state index contributed by atoms with van der Waals surface area (Å²) in [6.07, 6.45) is 5.32. The van der Waals surface area contributed by atoms with E-state index in [9.17, 15) is 10.1 Å². The third-order valence-corrected chi connectivity index (χ3v) is 8.76. The van der Waals surface area contributed by atoms with Crippen molar-refractivity contribution in [2.75, 3.05) is 13.7 Å². The molecule has 2 fully saturated rings. The van der Waals surface area contributed by atoms with Crippen molar-refractivity contribution in [2.45, 2.75) is 56.2 Å². The highest BCUT2D eigenvalue weighted by Gasteiger charge is 2.53. The quantitative estimate of drug-likeness (QED) is 0.128. The first-order valence-electron chi connectivity index (χ1n) is 14.4. The predicted octanol–water partition coefficient (Wildman–Crippen LogP) is 7.49. The van der Waals surface area contributed by atoms with E-state index in [2.05, 4.69) is 47.4 Å². The van der Waals surface area contributed by atoms with Gasteiger partial charge in [-0.2, -0.15) is 0 Å². The number of benzene rings is 4. The van der Waals surface area contributed by atoms with Crippen LogP contribution in [-0.2, 0) is 25.0 Å². The van der Waals surface area contributed by atoms with Crippen molar-refractivity contribution in [3.8, 4) is 11.5 Å². The molecule has 0 unspecified atom stereocenters. The minimum absolute atomic E-state index is 0.0404. The number of nitro benzene ring substituents is 1. The summed E-state index contributed by atoms with van der Waals surface area (Å²) in [5.41, 5.74) is 4.65. The standard InChI is InChI=1S/C35H36N2O4/c1-40-31-15-12-27(13-16-31)23-35(20-21-35)36(24-28-8-4-2-5-9-28)26-34(18-19-34)30-14-17-33(32(22-30)37(38)39)41-25-29-10-6-3-7-11-29/h2-17,22H,18-21,23-26H2,1H3. The minimum Gasteiger partial charge on any atom is -0.497 e. The van der Waals surface area contributed by atoms with Crippen LogP contribution in [0.2, 0.25) is 0 Å². The van der Waals surface area contributed by atoms with E-state index >= 15 is 0 Å². The van der Waals surface area contributed by atoms with Crippen LogP contribution in [0.25, 0.3) is 0 Å². The van der Waals surface area contributed by atoms with E-state index in [0.29, 0.717) is 12.4 Å². The van der Waals surface area contributed by atoms with Crippen molar-refractivity contribution in [2.24, 2.45) is 0 Å². The number of nitrogens with zero attached hydrogens (tertiary/aromatic N) is 2. The first kappa shape index (κ1) is 27.0. The van der Waals surface area contributed by atoms with Crippen molar-refractivity contribution >= 4 is 5.69 Å². The summed E-state index contributed by atoms with van der Waals surface area (Å²) >= 11 is 0. The molecule has 210 valence electrons. The first-order chi connectivity index (χ1) is 20.0. The normalized spacial score (nSPS) is 16.2. The van der Waals surface area contributed by atoms with E-state index in [1.807, 2.05) is 48.5 Å². The van der Waals surface area contributed by atoms with Gasteiger partial charge in [0, 0.05) is 30.1 Å². The zero-order valence-electron chi connectivity index (χ0n) is 23.5. The zero-order valence-corrected chi connectivity index (χ0v) is 23.5. The SMILES string of the molecule is COc1ccc(CC2(N(Cc3ccccc3)CC3(c4ccc(OCc5ccccc5)c([N+](=O)[O-])c4)CC3)CC2)cc1. The van der Waals surface area contributed by atoms with Crippen LogP contribution in [0, 0.1) is 10.1 Å². The van der Waals surface area contributed by atoms with E-state index in [4.69, 9.17) is 9.47 Å². The lowest BCUT2D eigenvalue weighted by atomic mass is 9.92. The van der Waals surface area contributed by atoms with Crippen LogP contribution in [0.3, 0.4) is 0 Å². The summed E-state index contributed by atoms with van der Waals surface area (Å²) < 4.78 is 11.3. The van der Waals surface area contributed by atoms with Crippen molar-refractivity contribution < 1.29 is 14.4 Å². The van der Waals surface area contributed by atoms with Crippen molar-refractivity contribution in [3.63, 3.8) is 0 Å². The molecule has 6 nitrogen and oxygen atoms in total. The summed E-state index contributed by atoms with van der Waals surface area (Å²) in [4.78, 5) is 14.5. The second-order valence-corrected chi connectivity index (χ2v) is 11.6. The Morgan fingerprint density at radius 1 is 0.805 bits per heavy atom. The molecule has 0 radical (unpaired) electrons.